The summed E-state index contributed by atoms with van der Waals surface area (Å²) in [7, 11) is 0. The van der Waals surface area contributed by atoms with E-state index in [0.717, 1.165) is 18.4 Å². The van der Waals surface area contributed by atoms with Crippen LogP contribution in [0.3, 0.4) is 0 Å². The van der Waals surface area contributed by atoms with Crippen LogP contribution in [-0.4, -0.2) is 25.1 Å². The van der Waals surface area contributed by atoms with E-state index in [1.165, 1.54) is 0 Å². The molecule has 0 saturated carbocycles. The van der Waals surface area contributed by atoms with Gasteiger partial charge in [0.15, 0.2) is 6.10 Å². The number of amides is 1. The number of benzene rings is 1. The number of ether oxygens (including phenoxy) is 1. The quantitative estimate of drug-likeness (QED) is 0.725. The minimum atomic E-state index is -0.537. The van der Waals surface area contributed by atoms with Gasteiger partial charge in [0, 0.05) is 11.6 Å². The lowest BCUT2D eigenvalue weighted by Gasteiger charge is -2.17. The lowest BCUT2D eigenvalue weighted by molar-refractivity contribution is -0.127. The van der Waals surface area contributed by atoms with Gasteiger partial charge >= 0.3 is 0 Å². The summed E-state index contributed by atoms with van der Waals surface area (Å²) in [5.41, 5.74) is 6.50. The van der Waals surface area contributed by atoms with Crippen molar-refractivity contribution < 1.29 is 9.53 Å². The van der Waals surface area contributed by atoms with E-state index in [1.807, 2.05) is 6.07 Å². The van der Waals surface area contributed by atoms with Gasteiger partial charge in [-0.05, 0) is 50.1 Å². The highest BCUT2D eigenvalue weighted by Crippen LogP contribution is 2.24. The second-order valence-corrected chi connectivity index (χ2v) is 5.13. The van der Waals surface area contributed by atoms with E-state index in [0.29, 0.717) is 30.3 Å². The van der Waals surface area contributed by atoms with Crippen LogP contribution in [-0.2, 0) is 11.2 Å². The molecule has 1 aromatic rings. The van der Waals surface area contributed by atoms with E-state index in [9.17, 15) is 4.79 Å². The molecule has 0 bridgehead atoms. The van der Waals surface area contributed by atoms with Crippen LogP contribution >= 0.6 is 11.6 Å². The first-order chi connectivity index (χ1) is 9.58. The molecule has 112 valence electrons. The topological polar surface area (TPSA) is 64.3 Å². The summed E-state index contributed by atoms with van der Waals surface area (Å²) >= 11 is 5.96. The molecule has 0 aliphatic heterocycles. The number of nitrogens with one attached hydrogen (secondary N) is 1. The van der Waals surface area contributed by atoms with Crippen LogP contribution in [0.4, 0.5) is 0 Å². The minimum Gasteiger partial charge on any atom is -0.481 e. The zero-order valence-corrected chi connectivity index (χ0v) is 12.9. The highest BCUT2D eigenvalue weighted by Gasteiger charge is 2.15. The normalized spacial score (nSPS) is 12.0. The maximum Gasteiger partial charge on any atom is 0.260 e. The molecule has 1 amide bonds. The van der Waals surface area contributed by atoms with Crippen molar-refractivity contribution in [1.29, 1.82) is 0 Å². The molecule has 0 aliphatic carbocycles. The molecule has 0 aliphatic rings. The van der Waals surface area contributed by atoms with Crippen LogP contribution in [0.2, 0.25) is 5.02 Å². The molecule has 1 rings (SSSR count). The summed E-state index contributed by atoms with van der Waals surface area (Å²) in [6.07, 6.45) is 2.15. The van der Waals surface area contributed by atoms with Gasteiger partial charge in [-0.2, -0.15) is 0 Å². The highest BCUT2D eigenvalue weighted by molar-refractivity contribution is 6.30. The fraction of sp³-hybridized carbons (Fsp3) is 0.533. The van der Waals surface area contributed by atoms with Crippen molar-refractivity contribution in [3.8, 4) is 5.75 Å². The van der Waals surface area contributed by atoms with Crippen molar-refractivity contribution in [2.24, 2.45) is 5.73 Å². The Bertz CT molecular complexity index is 438. The monoisotopic (exact) mass is 298 g/mol. The molecule has 0 aromatic heterocycles. The van der Waals surface area contributed by atoms with Gasteiger partial charge < -0.3 is 15.8 Å². The van der Waals surface area contributed by atoms with Gasteiger partial charge in [-0.15, -0.1) is 0 Å². The predicted octanol–water partition coefficient (Wildman–Crippen LogP) is 2.52. The van der Waals surface area contributed by atoms with E-state index in [1.54, 1.807) is 19.1 Å². The van der Waals surface area contributed by atoms with Crippen LogP contribution in [0.1, 0.15) is 32.3 Å². The molecule has 1 atom stereocenters. The number of rotatable bonds is 8. The van der Waals surface area contributed by atoms with Crippen LogP contribution in [0.5, 0.6) is 5.75 Å². The van der Waals surface area contributed by atoms with Gasteiger partial charge in [-0.3, -0.25) is 4.79 Å². The Morgan fingerprint density at radius 1 is 1.50 bits per heavy atom. The molecular weight excluding hydrogens is 276 g/mol. The molecule has 3 N–H and O–H groups in total. The van der Waals surface area contributed by atoms with E-state index >= 15 is 0 Å². The summed E-state index contributed by atoms with van der Waals surface area (Å²) in [6, 6.07) is 5.35. The molecule has 0 radical (unpaired) electrons. The van der Waals surface area contributed by atoms with Gasteiger partial charge in [0.2, 0.25) is 0 Å². The van der Waals surface area contributed by atoms with E-state index in [-0.39, 0.29) is 5.91 Å². The number of hydrogen-bond acceptors (Lipinski definition) is 3. The molecule has 0 fully saturated rings. The number of unbranched alkanes of at least 4 members (excludes halogenated alkanes) is 1. The van der Waals surface area contributed by atoms with Crippen molar-refractivity contribution in [3.63, 3.8) is 0 Å². The van der Waals surface area contributed by atoms with Gasteiger partial charge in [-0.25, -0.2) is 0 Å². The third-order valence-corrected chi connectivity index (χ3v) is 3.17. The summed E-state index contributed by atoms with van der Waals surface area (Å²) in [4.78, 5) is 11.9. The largest absolute Gasteiger partial charge is 0.481 e. The average molecular weight is 299 g/mol. The van der Waals surface area contributed by atoms with Crippen molar-refractivity contribution in [1.82, 2.24) is 5.32 Å². The Morgan fingerprint density at radius 3 is 2.90 bits per heavy atom. The highest BCUT2D eigenvalue weighted by atomic mass is 35.5. The fourth-order valence-electron chi connectivity index (χ4n) is 1.79. The SMILES string of the molecule is CCCCNC(=O)C(C)Oc1ccc(Cl)cc1CCN. The third kappa shape index (κ3) is 5.39. The Balaban J connectivity index is 2.64. The number of carbonyl (C=O) groups is 1. The maximum atomic E-state index is 11.9. The lowest BCUT2D eigenvalue weighted by Crippen LogP contribution is -2.37. The van der Waals surface area contributed by atoms with E-state index in [2.05, 4.69) is 12.2 Å². The van der Waals surface area contributed by atoms with Gasteiger partial charge in [-0.1, -0.05) is 24.9 Å². The fourth-order valence-corrected chi connectivity index (χ4v) is 1.98. The second-order valence-electron chi connectivity index (χ2n) is 4.70. The third-order valence-electron chi connectivity index (χ3n) is 2.94. The molecule has 4 nitrogen and oxygen atoms in total. The standard InChI is InChI=1S/C15H23ClN2O2/c1-3-4-9-18-15(19)11(2)20-14-6-5-13(16)10-12(14)7-8-17/h5-6,10-11H,3-4,7-9,17H2,1-2H3,(H,18,19). The zero-order valence-electron chi connectivity index (χ0n) is 12.1. The summed E-state index contributed by atoms with van der Waals surface area (Å²) in [6.45, 7) is 5.01. The Hall–Kier alpha value is -1.26. The lowest BCUT2D eigenvalue weighted by atomic mass is 10.1. The van der Waals surface area contributed by atoms with E-state index < -0.39 is 6.10 Å². The summed E-state index contributed by atoms with van der Waals surface area (Å²) in [5.74, 6) is 0.560. The van der Waals surface area contributed by atoms with Gasteiger partial charge in [0.05, 0.1) is 0 Å². The van der Waals surface area contributed by atoms with Crippen LogP contribution in [0.15, 0.2) is 18.2 Å². The Labute approximate surface area is 125 Å². The molecule has 0 spiro atoms. The Kier molecular flexibility index (Phi) is 7.41. The first kappa shape index (κ1) is 16.8. The van der Waals surface area contributed by atoms with Gasteiger partial charge in [0.25, 0.3) is 5.91 Å². The molecule has 0 heterocycles. The van der Waals surface area contributed by atoms with Crippen molar-refractivity contribution in [3.05, 3.63) is 28.8 Å². The number of halogens is 1. The van der Waals surface area contributed by atoms with E-state index in [4.69, 9.17) is 22.1 Å². The van der Waals surface area contributed by atoms with Crippen molar-refractivity contribution in [2.75, 3.05) is 13.1 Å². The molecule has 5 heteroatoms. The minimum absolute atomic E-state index is 0.105. The van der Waals surface area contributed by atoms with Crippen LogP contribution < -0.4 is 15.8 Å². The zero-order chi connectivity index (χ0) is 15.0. The number of hydrogen-bond donors (Lipinski definition) is 2. The first-order valence-electron chi connectivity index (χ1n) is 7.01. The van der Waals surface area contributed by atoms with Crippen LogP contribution in [0, 0.1) is 0 Å². The summed E-state index contributed by atoms with van der Waals surface area (Å²) < 4.78 is 5.72. The first-order valence-corrected chi connectivity index (χ1v) is 7.39. The second kappa shape index (κ2) is 8.82. The number of nitrogens with two attached hydrogens (primary N) is 1. The molecular formula is C15H23ClN2O2. The predicted molar refractivity (Wildman–Crippen MR) is 82.2 cm³/mol. The Morgan fingerprint density at radius 2 is 2.25 bits per heavy atom. The number of carbonyl (C=O) groups excluding carboxylic acids is 1. The molecule has 1 aromatic carbocycles. The molecule has 20 heavy (non-hydrogen) atoms. The molecule has 0 saturated heterocycles. The van der Waals surface area contributed by atoms with Gasteiger partial charge in [0.1, 0.15) is 5.75 Å². The van der Waals surface area contributed by atoms with Crippen LogP contribution in [0.25, 0.3) is 0 Å². The van der Waals surface area contributed by atoms with Crippen molar-refractivity contribution >= 4 is 17.5 Å². The maximum absolute atomic E-state index is 11.9. The molecule has 1 unspecified atom stereocenters. The summed E-state index contributed by atoms with van der Waals surface area (Å²) in [5, 5.41) is 3.49. The smallest absolute Gasteiger partial charge is 0.260 e. The average Bonchev–Trinajstić information content (AvgIpc) is 2.42. The van der Waals surface area contributed by atoms with Crippen molar-refractivity contribution in [2.45, 2.75) is 39.2 Å².